The molecule has 0 saturated carbocycles. The van der Waals surface area contributed by atoms with Gasteiger partial charge in [-0.3, -0.25) is 4.79 Å². The molecule has 2 N–H and O–H groups in total. The summed E-state index contributed by atoms with van der Waals surface area (Å²) in [6.45, 7) is 1.22. The van der Waals surface area contributed by atoms with E-state index in [0.29, 0.717) is 12.2 Å². The molecule has 0 radical (unpaired) electrons. The largest absolute Gasteiger partial charge is 0.456 e. The summed E-state index contributed by atoms with van der Waals surface area (Å²) in [6, 6.07) is 1.77. The van der Waals surface area contributed by atoms with Crippen molar-refractivity contribution in [1.82, 2.24) is 14.5 Å². The van der Waals surface area contributed by atoms with Crippen molar-refractivity contribution in [2.24, 2.45) is 0 Å². The molecule has 1 aliphatic rings. The van der Waals surface area contributed by atoms with Gasteiger partial charge in [-0.25, -0.2) is 9.97 Å². The summed E-state index contributed by atoms with van der Waals surface area (Å²) >= 11 is 0. The van der Waals surface area contributed by atoms with E-state index in [4.69, 9.17) is 10.5 Å². The summed E-state index contributed by atoms with van der Waals surface area (Å²) in [6.07, 6.45) is 2.10. The van der Waals surface area contributed by atoms with E-state index in [2.05, 4.69) is 9.97 Å². The van der Waals surface area contributed by atoms with Crippen molar-refractivity contribution in [1.29, 1.82) is 0 Å². The van der Waals surface area contributed by atoms with E-state index in [0.717, 1.165) is 30.0 Å². The summed E-state index contributed by atoms with van der Waals surface area (Å²) in [5, 5.41) is 0. The van der Waals surface area contributed by atoms with Crippen LogP contribution in [-0.4, -0.2) is 21.0 Å². The minimum Gasteiger partial charge on any atom is -0.456 e. The maximum Gasteiger partial charge on any atom is 0.293 e. The average molecular weight is 218 g/mol. The number of anilines is 1. The van der Waals surface area contributed by atoms with Crippen LogP contribution in [0.3, 0.4) is 0 Å². The molecule has 0 spiro atoms. The standard InChI is InChI=1S/C10H10N4O2/c11-6-3-7-9(12-4-6)14-2-1-8(16-5-15)10(14)13-7/h3-5,8H,1-2,11H2. The van der Waals surface area contributed by atoms with Crippen molar-refractivity contribution in [3.63, 3.8) is 0 Å². The Labute approximate surface area is 91.0 Å². The molecular formula is C10H10N4O2. The number of pyridine rings is 1. The molecule has 3 heterocycles. The van der Waals surface area contributed by atoms with Crippen LogP contribution in [0.5, 0.6) is 0 Å². The van der Waals surface area contributed by atoms with Crippen molar-refractivity contribution in [2.45, 2.75) is 19.1 Å². The first-order chi connectivity index (χ1) is 7.79. The first-order valence-corrected chi connectivity index (χ1v) is 5.00. The molecule has 3 rings (SSSR count). The smallest absolute Gasteiger partial charge is 0.293 e. The lowest BCUT2D eigenvalue weighted by Gasteiger charge is -2.03. The van der Waals surface area contributed by atoms with Gasteiger partial charge in [-0.2, -0.15) is 0 Å². The normalized spacial score (nSPS) is 18.6. The number of nitrogens with zero attached hydrogens (tertiary/aromatic N) is 3. The van der Waals surface area contributed by atoms with Crippen LogP contribution in [0.4, 0.5) is 5.69 Å². The molecule has 1 aliphatic heterocycles. The molecule has 6 heteroatoms. The van der Waals surface area contributed by atoms with Crippen LogP contribution in [0.15, 0.2) is 12.3 Å². The van der Waals surface area contributed by atoms with Gasteiger partial charge in [0.2, 0.25) is 0 Å². The number of hydrogen-bond donors (Lipinski definition) is 1. The Bertz CT molecular complexity index is 563. The van der Waals surface area contributed by atoms with E-state index in [1.54, 1.807) is 12.3 Å². The SMILES string of the molecule is Nc1cnc2c(c1)nc1n2CCC1OC=O. The Morgan fingerprint density at radius 2 is 2.50 bits per heavy atom. The highest BCUT2D eigenvalue weighted by Crippen LogP contribution is 2.31. The van der Waals surface area contributed by atoms with Crippen molar-refractivity contribution < 1.29 is 9.53 Å². The van der Waals surface area contributed by atoms with Crippen molar-refractivity contribution in [2.75, 3.05) is 5.73 Å². The number of aryl methyl sites for hydroxylation is 1. The quantitative estimate of drug-likeness (QED) is 0.747. The highest BCUT2D eigenvalue weighted by molar-refractivity contribution is 5.75. The first kappa shape index (κ1) is 9.14. The fourth-order valence-electron chi connectivity index (χ4n) is 2.08. The topological polar surface area (TPSA) is 83.0 Å². The Kier molecular flexibility index (Phi) is 1.82. The third kappa shape index (κ3) is 1.16. The molecule has 1 unspecified atom stereocenters. The van der Waals surface area contributed by atoms with Gasteiger partial charge in [0.25, 0.3) is 6.47 Å². The Morgan fingerprint density at radius 3 is 3.31 bits per heavy atom. The maximum atomic E-state index is 10.3. The predicted octanol–water partition coefficient (Wildman–Crippen LogP) is 0.631. The summed E-state index contributed by atoms with van der Waals surface area (Å²) < 4.78 is 6.93. The maximum absolute atomic E-state index is 10.3. The van der Waals surface area contributed by atoms with E-state index in [9.17, 15) is 4.79 Å². The van der Waals surface area contributed by atoms with E-state index in [-0.39, 0.29) is 6.10 Å². The lowest BCUT2D eigenvalue weighted by Crippen LogP contribution is -1.99. The van der Waals surface area contributed by atoms with Gasteiger partial charge >= 0.3 is 0 Å². The summed E-state index contributed by atoms with van der Waals surface area (Å²) in [7, 11) is 0. The molecule has 1 atom stereocenters. The van der Waals surface area contributed by atoms with Crippen molar-refractivity contribution >= 4 is 23.3 Å². The summed E-state index contributed by atoms with van der Waals surface area (Å²) in [5.41, 5.74) is 7.75. The van der Waals surface area contributed by atoms with Gasteiger partial charge in [0.1, 0.15) is 5.52 Å². The third-order valence-electron chi connectivity index (χ3n) is 2.76. The number of rotatable bonds is 2. The first-order valence-electron chi connectivity index (χ1n) is 5.00. The minimum absolute atomic E-state index is 0.257. The molecule has 82 valence electrons. The van der Waals surface area contributed by atoms with E-state index >= 15 is 0 Å². The molecule has 0 amide bonds. The van der Waals surface area contributed by atoms with E-state index < -0.39 is 0 Å². The van der Waals surface area contributed by atoms with Gasteiger partial charge < -0.3 is 15.0 Å². The second kappa shape index (κ2) is 3.19. The van der Waals surface area contributed by atoms with Crippen LogP contribution < -0.4 is 5.73 Å². The van der Waals surface area contributed by atoms with Crippen molar-refractivity contribution in [3.8, 4) is 0 Å². The lowest BCUT2D eigenvalue weighted by atomic mass is 10.3. The second-order valence-electron chi connectivity index (χ2n) is 3.74. The fourth-order valence-corrected chi connectivity index (χ4v) is 2.08. The van der Waals surface area contributed by atoms with Gasteiger partial charge in [-0.05, 0) is 6.07 Å². The number of aromatic nitrogens is 3. The number of nitrogen functional groups attached to an aromatic ring is 1. The minimum atomic E-state index is -0.257. The fraction of sp³-hybridized carbons (Fsp3) is 0.300. The second-order valence-corrected chi connectivity index (χ2v) is 3.74. The number of carbonyl (C=O) groups excluding carboxylic acids is 1. The Balaban J connectivity index is 2.16. The van der Waals surface area contributed by atoms with E-state index in [1.165, 1.54) is 0 Å². The number of ether oxygens (including phenoxy) is 1. The molecule has 0 fully saturated rings. The van der Waals surface area contributed by atoms with Crippen LogP contribution in [0.1, 0.15) is 18.3 Å². The molecule has 0 aromatic carbocycles. The molecule has 2 aromatic rings. The lowest BCUT2D eigenvalue weighted by molar-refractivity contribution is -0.133. The Hall–Kier alpha value is -2.11. The number of fused-ring (bicyclic) bond motifs is 3. The monoisotopic (exact) mass is 218 g/mol. The molecule has 0 aliphatic carbocycles. The zero-order valence-corrected chi connectivity index (χ0v) is 8.46. The van der Waals surface area contributed by atoms with Crippen molar-refractivity contribution in [3.05, 3.63) is 18.1 Å². The van der Waals surface area contributed by atoms with E-state index in [1.807, 2.05) is 4.57 Å². The summed E-state index contributed by atoms with van der Waals surface area (Å²) in [4.78, 5) is 19.0. The van der Waals surface area contributed by atoms with Crippen LogP contribution in [0, 0.1) is 0 Å². The molecule has 6 nitrogen and oxygen atoms in total. The van der Waals surface area contributed by atoms with Crippen LogP contribution >= 0.6 is 0 Å². The highest BCUT2D eigenvalue weighted by Gasteiger charge is 2.28. The third-order valence-corrected chi connectivity index (χ3v) is 2.76. The number of carbonyl (C=O) groups is 1. The molecule has 16 heavy (non-hydrogen) atoms. The van der Waals surface area contributed by atoms with Crippen LogP contribution in [-0.2, 0) is 16.1 Å². The van der Waals surface area contributed by atoms with Gasteiger partial charge in [0.15, 0.2) is 17.6 Å². The van der Waals surface area contributed by atoms with Gasteiger partial charge in [-0.1, -0.05) is 0 Å². The zero-order valence-electron chi connectivity index (χ0n) is 8.46. The Morgan fingerprint density at radius 1 is 1.62 bits per heavy atom. The number of nitrogens with two attached hydrogens (primary N) is 1. The molecule has 0 saturated heterocycles. The predicted molar refractivity (Wildman–Crippen MR) is 56.4 cm³/mol. The van der Waals surface area contributed by atoms with Gasteiger partial charge in [0.05, 0.1) is 11.9 Å². The van der Waals surface area contributed by atoms with Crippen LogP contribution in [0.25, 0.3) is 11.2 Å². The molecule has 2 aromatic heterocycles. The zero-order chi connectivity index (χ0) is 11.1. The molecule has 0 bridgehead atoms. The summed E-state index contributed by atoms with van der Waals surface area (Å²) in [5.74, 6) is 0.750. The van der Waals surface area contributed by atoms with Gasteiger partial charge in [0, 0.05) is 13.0 Å². The highest BCUT2D eigenvalue weighted by atomic mass is 16.5. The number of imidazole rings is 1. The molecular weight excluding hydrogens is 208 g/mol. The number of hydrogen-bond acceptors (Lipinski definition) is 5. The van der Waals surface area contributed by atoms with Crippen LogP contribution in [0.2, 0.25) is 0 Å². The average Bonchev–Trinajstić information content (AvgIpc) is 2.78. The van der Waals surface area contributed by atoms with Gasteiger partial charge in [-0.15, -0.1) is 0 Å².